The van der Waals surface area contributed by atoms with Gasteiger partial charge >= 0.3 is 0 Å². The number of amides is 1. The van der Waals surface area contributed by atoms with Gasteiger partial charge in [0.05, 0.1) is 21.7 Å². The van der Waals surface area contributed by atoms with Crippen LogP contribution in [0.1, 0.15) is 39.9 Å². The van der Waals surface area contributed by atoms with Gasteiger partial charge in [0.2, 0.25) is 10.0 Å². The molecule has 0 unspecified atom stereocenters. The first kappa shape index (κ1) is 23.5. The summed E-state index contributed by atoms with van der Waals surface area (Å²) < 4.78 is 35.3. The van der Waals surface area contributed by atoms with Crippen LogP contribution in [0.4, 0.5) is 5.69 Å². The maximum absolute atomic E-state index is 13.3. The van der Waals surface area contributed by atoms with Crippen molar-refractivity contribution in [2.75, 3.05) is 5.32 Å². The summed E-state index contributed by atoms with van der Waals surface area (Å²) in [5, 5.41) is 13.9. The number of nitrogens with two attached hydrogens (primary N) is 1. The van der Waals surface area contributed by atoms with E-state index >= 15 is 0 Å². The van der Waals surface area contributed by atoms with Crippen LogP contribution in [0.25, 0.3) is 10.8 Å². The van der Waals surface area contributed by atoms with Crippen LogP contribution >= 0.6 is 0 Å². The van der Waals surface area contributed by atoms with E-state index in [1.807, 2.05) is 38.1 Å². The number of primary sulfonamides is 1. The molecule has 4 aromatic rings. The molecule has 0 saturated heterocycles. The molecule has 9 heteroatoms. The zero-order valence-electron chi connectivity index (χ0n) is 19.1. The molecule has 0 bridgehead atoms. The van der Waals surface area contributed by atoms with Crippen molar-refractivity contribution in [3.8, 4) is 5.75 Å². The SMILES string of the molecule is CCc1ccc(NC(=O)c2cc3ccccc3cc2OCc2c(C)noc2C)cc1S(N)(=O)=O. The van der Waals surface area contributed by atoms with E-state index in [4.69, 9.17) is 14.4 Å². The number of hydrogen-bond acceptors (Lipinski definition) is 6. The number of carbonyl (C=O) groups is 1. The Morgan fingerprint density at radius 2 is 1.79 bits per heavy atom. The Morgan fingerprint density at radius 1 is 1.09 bits per heavy atom. The van der Waals surface area contributed by atoms with E-state index in [0.717, 1.165) is 22.0 Å². The average molecular weight is 480 g/mol. The fraction of sp³-hybridized carbons (Fsp3) is 0.200. The Balaban J connectivity index is 1.70. The second-order valence-electron chi connectivity index (χ2n) is 7.96. The molecule has 0 aliphatic carbocycles. The predicted octanol–water partition coefficient (Wildman–Crippen LogP) is 4.49. The van der Waals surface area contributed by atoms with E-state index < -0.39 is 15.9 Å². The predicted molar refractivity (Wildman–Crippen MR) is 129 cm³/mol. The van der Waals surface area contributed by atoms with Crippen LogP contribution in [0.2, 0.25) is 0 Å². The number of rotatable bonds is 7. The second kappa shape index (κ2) is 9.28. The summed E-state index contributed by atoms with van der Waals surface area (Å²) in [5.74, 6) is 0.591. The van der Waals surface area contributed by atoms with Crippen molar-refractivity contribution in [3.05, 3.63) is 82.7 Å². The molecule has 1 amide bonds. The molecule has 0 aliphatic rings. The number of sulfonamides is 1. The Kier molecular flexibility index (Phi) is 6.41. The lowest BCUT2D eigenvalue weighted by Gasteiger charge is -2.14. The van der Waals surface area contributed by atoms with Crippen LogP contribution in [0.5, 0.6) is 5.75 Å². The Labute approximate surface area is 197 Å². The first-order chi connectivity index (χ1) is 16.2. The van der Waals surface area contributed by atoms with Gasteiger partial charge in [0, 0.05) is 5.69 Å². The van der Waals surface area contributed by atoms with Gasteiger partial charge < -0.3 is 14.6 Å². The topological polar surface area (TPSA) is 125 Å². The fourth-order valence-electron chi connectivity index (χ4n) is 3.76. The lowest BCUT2D eigenvalue weighted by atomic mass is 10.0. The van der Waals surface area contributed by atoms with Gasteiger partial charge in [-0.15, -0.1) is 0 Å². The van der Waals surface area contributed by atoms with E-state index in [1.54, 1.807) is 31.2 Å². The molecule has 0 saturated carbocycles. The molecule has 1 aromatic heterocycles. The maximum Gasteiger partial charge on any atom is 0.259 e. The summed E-state index contributed by atoms with van der Waals surface area (Å²) in [5.41, 5.74) is 2.73. The van der Waals surface area contributed by atoms with Crippen LogP contribution in [0, 0.1) is 13.8 Å². The van der Waals surface area contributed by atoms with Gasteiger partial charge in [0.1, 0.15) is 18.1 Å². The van der Waals surface area contributed by atoms with Crippen LogP contribution < -0.4 is 15.2 Å². The van der Waals surface area contributed by atoms with Crippen molar-refractivity contribution in [2.24, 2.45) is 5.14 Å². The standard InChI is InChI=1S/C25H25N3O5S/c1-4-17-9-10-20(13-24(17)34(26,30)31)27-25(29)21-11-18-7-5-6-8-19(18)12-23(21)32-14-22-15(2)28-33-16(22)3/h5-13H,4,14H2,1-3H3,(H,27,29)(H2,26,30,31). The molecule has 0 fully saturated rings. The smallest absolute Gasteiger partial charge is 0.259 e. The van der Waals surface area contributed by atoms with Crippen LogP contribution in [-0.2, 0) is 23.1 Å². The first-order valence-corrected chi connectivity index (χ1v) is 12.3. The summed E-state index contributed by atoms with van der Waals surface area (Å²) in [7, 11) is -3.94. The molecule has 4 rings (SSSR count). The van der Waals surface area contributed by atoms with Crippen molar-refractivity contribution in [2.45, 2.75) is 38.7 Å². The minimum absolute atomic E-state index is 0.0128. The number of aromatic nitrogens is 1. The van der Waals surface area contributed by atoms with E-state index in [2.05, 4.69) is 10.5 Å². The van der Waals surface area contributed by atoms with Gasteiger partial charge in [-0.1, -0.05) is 42.4 Å². The lowest BCUT2D eigenvalue weighted by molar-refractivity contribution is 0.102. The van der Waals surface area contributed by atoms with Gasteiger partial charge in [-0.3, -0.25) is 4.79 Å². The maximum atomic E-state index is 13.3. The zero-order chi connectivity index (χ0) is 24.5. The van der Waals surface area contributed by atoms with Gasteiger partial charge in [-0.2, -0.15) is 0 Å². The quantitative estimate of drug-likeness (QED) is 0.402. The third-order valence-corrected chi connectivity index (χ3v) is 6.65. The zero-order valence-corrected chi connectivity index (χ0v) is 19.9. The van der Waals surface area contributed by atoms with Gasteiger partial charge in [-0.05, 0) is 60.9 Å². The molecule has 0 spiro atoms. The third-order valence-electron chi connectivity index (χ3n) is 5.66. The van der Waals surface area contributed by atoms with E-state index in [-0.39, 0.29) is 11.5 Å². The summed E-state index contributed by atoms with van der Waals surface area (Å²) >= 11 is 0. The van der Waals surface area contributed by atoms with Gasteiger partial charge in [0.15, 0.2) is 0 Å². The summed E-state index contributed by atoms with van der Waals surface area (Å²) in [6, 6.07) is 15.8. The minimum atomic E-state index is -3.94. The Morgan fingerprint density at radius 3 is 2.41 bits per heavy atom. The van der Waals surface area contributed by atoms with Gasteiger partial charge in [-0.25, -0.2) is 13.6 Å². The van der Waals surface area contributed by atoms with E-state index in [9.17, 15) is 13.2 Å². The van der Waals surface area contributed by atoms with Crippen LogP contribution in [0.3, 0.4) is 0 Å². The number of nitrogens with one attached hydrogen (secondary N) is 1. The summed E-state index contributed by atoms with van der Waals surface area (Å²) in [6.07, 6.45) is 0.490. The fourth-order valence-corrected chi connectivity index (χ4v) is 4.63. The molecular formula is C25H25N3O5S. The number of aryl methyl sites for hydroxylation is 3. The molecule has 0 aliphatic heterocycles. The number of ether oxygens (including phenoxy) is 1. The van der Waals surface area contributed by atoms with E-state index in [0.29, 0.717) is 34.7 Å². The number of anilines is 1. The monoisotopic (exact) mass is 479 g/mol. The Hall–Kier alpha value is -3.69. The van der Waals surface area contributed by atoms with Crippen molar-refractivity contribution in [3.63, 3.8) is 0 Å². The molecule has 3 N–H and O–H groups in total. The number of hydrogen-bond donors (Lipinski definition) is 2. The molecule has 8 nitrogen and oxygen atoms in total. The highest BCUT2D eigenvalue weighted by Gasteiger charge is 2.19. The molecule has 0 atom stereocenters. The largest absolute Gasteiger partial charge is 0.488 e. The number of fused-ring (bicyclic) bond motifs is 1. The van der Waals surface area contributed by atoms with Crippen LogP contribution in [0.15, 0.2) is 64.0 Å². The molecule has 34 heavy (non-hydrogen) atoms. The van der Waals surface area contributed by atoms with Crippen LogP contribution in [-0.4, -0.2) is 19.5 Å². The number of carbonyl (C=O) groups excluding carboxylic acids is 1. The average Bonchev–Trinajstić information content (AvgIpc) is 3.13. The van der Waals surface area contributed by atoms with Crippen molar-refractivity contribution < 1.29 is 22.5 Å². The highest BCUT2D eigenvalue weighted by Crippen LogP contribution is 2.29. The minimum Gasteiger partial charge on any atom is -0.488 e. The number of benzene rings is 3. The second-order valence-corrected chi connectivity index (χ2v) is 9.49. The molecule has 0 radical (unpaired) electrons. The molecule has 3 aromatic carbocycles. The highest BCUT2D eigenvalue weighted by atomic mass is 32.2. The molecular weight excluding hydrogens is 454 g/mol. The highest BCUT2D eigenvalue weighted by molar-refractivity contribution is 7.89. The summed E-state index contributed by atoms with van der Waals surface area (Å²) in [4.78, 5) is 13.3. The Bertz CT molecular complexity index is 1470. The van der Waals surface area contributed by atoms with Gasteiger partial charge in [0.25, 0.3) is 5.91 Å². The molecule has 176 valence electrons. The normalized spacial score (nSPS) is 11.5. The molecule has 1 heterocycles. The lowest BCUT2D eigenvalue weighted by Crippen LogP contribution is -2.17. The third kappa shape index (κ3) is 4.80. The van der Waals surface area contributed by atoms with Crippen molar-refractivity contribution in [1.82, 2.24) is 5.16 Å². The van der Waals surface area contributed by atoms with Crippen molar-refractivity contribution in [1.29, 1.82) is 0 Å². The summed E-state index contributed by atoms with van der Waals surface area (Å²) in [6.45, 7) is 5.64. The van der Waals surface area contributed by atoms with E-state index in [1.165, 1.54) is 6.07 Å². The van der Waals surface area contributed by atoms with Crippen molar-refractivity contribution >= 4 is 32.4 Å². The number of nitrogens with zero attached hydrogens (tertiary/aromatic N) is 1. The first-order valence-electron chi connectivity index (χ1n) is 10.7.